The van der Waals surface area contributed by atoms with Gasteiger partial charge in [-0.05, 0) is 36.6 Å². The topological polar surface area (TPSA) is 58.2 Å². The number of hydrogen-bond acceptors (Lipinski definition) is 2. The summed E-state index contributed by atoms with van der Waals surface area (Å²) in [7, 11) is 0. The molecule has 0 saturated carbocycles. The highest BCUT2D eigenvalue weighted by atomic mass is 16.2. The van der Waals surface area contributed by atoms with Crippen molar-refractivity contribution in [2.24, 2.45) is 0 Å². The lowest BCUT2D eigenvalue weighted by atomic mass is 10.0. The second-order valence-electron chi connectivity index (χ2n) is 5.71. The first-order valence-electron chi connectivity index (χ1n) is 7.66. The van der Waals surface area contributed by atoms with Crippen LogP contribution in [0.5, 0.6) is 0 Å². The van der Waals surface area contributed by atoms with Crippen LogP contribution in [0.3, 0.4) is 0 Å². The molecule has 0 spiro atoms. The minimum atomic E-state index is -0.535. The number of carbonyl (C=O) groups excluding carboxylic acids is 2. The van der Waals surface area contributed by atoms with Crippen molar-refractivity contribution in [3.63, 3.8) is 0 Å². The highest BCUT2D eigenvalue weighted by molar-refractivity contribution is 5.86. The van der Waals surface area contributed by atoms with Gasteiger partial charge in [0.1, 0.15) is 6.04 Å². The predicted molar refractivity (Wildman–Crippen MR) is 91.7 cm³/mol. The van der Waals surface area contributed by atoms with Crippen LogP contribution in [-0.4, -0.2) is 17.9 Å². The van der Waals surface area contributed by atoms with Crippen molar-refractivity contribution in [3.8, 4) is 11.1 Å². The number of aryl methyl sites for hydroxylation is 1. The van der Waals surface area contributed by atoms with E-state index in [2.05, 4.69) is 47.9 Å². The van der Waals surface area contributed by atoms with Crippen LogP contribution in [0.25, 0.3) is 11.1 Å². The van der Waals surface area contributed by atoms with E-state index < -0.39 is 6.04 Å². The molecule has 0 aliphatic carbocycles. The molecule has 0 aliphatic heterocycles. The molecule has 0 radical (unpaired) electrons. The van der Waals surface area contributed by atoms with Gasteiger partial charge in [0.2, 0.25) is 11.8 Å². The summed E-state index contributed by atoms with van der Waals surface area (Å²) < 4.78 is 0. The lowest BCUT2D eigenvalue weighted by Gasteiger charge is -2.13. The molecule has 2 N–H and O–H groups in total. The minimum absolute atomic E-state index is 0.193. The monoisotopic (exact) mass is 310 g/mol. The van der Waals surface area contributed by atoms with Crippen LogP contribution in [0.2, 0.25) is 0 Å². The molecule has 23 heavy (non-hydrogen) atoms. The van der Waals surface area contributed by atoms with Gasteiger partial charge < -0.3 is 10.6 Å². The highest BCUT2D eigenvalue weighted by Gasteiger charge is 2.12. The second kappa shape index (κ2) is 7.58. The van der Waals surface area contributed by atoms with Gasteiger partial charge >= 0.3 is 0 Å². The first kappa shape index (κ1) is 16.7. The van der Waals surface area contributed by atoms with Gasteiger partial charge in [-0.1, -0.05) is 48.0 Å². The number of hydrogen-bond donors (Lipinski definition) is 2. The lowest BCUT2D eigenvalue weighted by Crippen LogP contribution is -2.43. The zero-order valence-corrected chi connectivity index (χ0v) is 13.7. The molecule has 1 atom stereocenters. The fourth-order valence-corrected chi connectivity index (χ4v) is 2.40. The number of rotatable bonds is 5. The summed E-state index contributed by atoms with van der Waals surface area (Å²) in [5.41, 5.74) is 4.51. The Labute approximate surface area is 136 Å². The smallest absolute Gasteiger partial charge is 0.242 e. The molecular weight excluding hydrogens is 288 g/mol. The van der Waals surface area contributed by atoms with E-state index >= 15 is 0 Å². The third kappa shape index (κ3) is 4.95. The van der Waals surface area contributed by atoms with Gasteiger partial charge in [0, 0.05) is 13.5 Å². The van der Waals surface area contributed by atoms with Gasteiger partial charge in [0.05, 0.1) is 0 Å². The molecule has 0 fully saturated rings. The molecular formula is C19H22N2O2. The number of nitrogens with one attached hydrogen (secondary N) is 2. The molecule has 2 aromatic rings. The van der Waals surface area contributed by atoms with Crippen LogP contribution >= 0.6 is 0 Å². The largest absolute Gasteiger partial charge is 0.350 e. The SMILES string of the molecule is CC(=O)NC(C)C(=O)NCc1cccc(-c2cccc(C)c2)c1. The number of benzene rings is 2. The summed E-state index contributed by atoms with van der Waals surface area (Å²) in [5, 5.41) is 5.41. The van der Waals surface area contributed by atoms with Crippen LogP contribution in [0.4, 0.5) is 0 Å². The summed E-state index contributed by atoms with van der Waals surface area (Å²) in [6.45, 7) is 5.56. The molecule has 4 nitrogen and oxygen atoms in total. The first-order chi connectivity index (χ1) is 11.0. The van der Waals surface area contributed by atoms with E-state index in [1.165, 1.54) is 12.5 Å². The van der Waals surface area contributed by atoms with Crippen molar-refractivity contribution < 1.29 is 9.59 Å². The molecule has 120 valence electrons. The molecule has 2 amide bonds. The van der Waals surface area contributed by atoms with Gasteiger partial charge in [-0.15, -0.1) is 0 Å². The van der Waals surface area contributed by atoms with Crippen molar-refractivity contribution in [3.05, 3.63) is 59.7 Å². The summed E-state index contributed by atoms with van der Waals surface area (Å²) in [6, 6.07) is 15.9. The van der Waals surface area contributed by atoms with Crippen LogP contribution in [-0.2, 0) is 16.1 Å². The van der Waals surface area contributed by atoms with E-state index in [9.17, 15) is 9.59 Å². The highest BCUT2D eigenvalue weighted by Crippen LogP contribution is 2.21. The number of amides is 2. The maximum Gasteiger partial charge on any atom is 0.242 e. The zero-order valence-electron chi connectivity index (χ0n) is 13.7. The Hall–Kier alpha value is -2.62. The molecule has 0 aromatic heterocycles. The van der Waals surface area contributed by atoms with Crippen LogP contribution in [0.15, 0.2) is 48.5 Å². The van der Waals surface area contributed by atoms with E-state index in [4.69, 9.17) is 0 Å². The summed E-state index contributed by atoms with van der Waals surface area (Å²) in [6.07, 6.45) is 0. The number of carbonyl (C=O) groups is 2. The molecule has 1 unspecified atom stereocenters. The Morgan fingerprint density at radius 2 is 1.70 bits per heavy atom. The maximum atomic E-state index is 11.9. The Morgan fingerprint density at radius 3 is 2.35 bits per heavy atom. The average molecular weight is 310 g/mol. The van der Waals surface area contributed by atoms with Crippen LogP contribution < -0.4 is 10.6 Å². The van der Waals surface area contributed by atoms with Gasteiger partial charge in [0.15, 0.2) is 0 Å². The van der Waals surface area contributed by atoms with E-state index in [-0.39, 0.29) is 11.8 Å². The first-order valence-corrected chi connectivity index (χ1v) is 7.66. The Kier molecular flexibility index (Phi) is 5.52. The maximum absolute atomic E-state index is 11.9. The van der Waals surface area contributed by atoms with Gasteiger partial charge in [-0.2, -0.15) is 0 Å². The molecule has 0 saturated heterocycles. The normalized spacial score (nSPS) is 11.6. The van der Waals surface area contributed by atoms with E-state index in [0.29, 0.717) is 6.54 Å². The minimum Gasteiger partial charge on any atom is -0.350 e. The standard InChI is InChI=1S/C19H22N2O2/c1-13-6-4-8-17(10-13)18-9-5-7-16(11-18)12-20-19(23)14(2)21-15(3)22/h4-11,14H,12H2,1-3H3,(H,20,23)(H,21,22). The van der Waals surface area contributed by atoms with Crippen molar-refractivity contribution in [2.75, 3.05) is 0 Å². The Morgan fingerprint density at radius 1 is 1.04 bits per heavy atom. The summed E-state index contributed by atoms with van der Waals surface area (Å²) in [5.74, 6) is -0.407. The predicted octanol–water partition coefficient (Wildman–Crippen LogP) is 2.80. The third-order valence-electron chi connectivity index (χ3n) is 3.56. The summed E-state index contributed by atoms with van der Waals surface area (Å²) >= 11 is 0. The van der Waals surface area contributed by atoms with Crippen molar-refractivity contribution in [1.29, 1.82) is 0 Å². The molecule has 2 aromatic carbocycles. The average Bonchev–Trinajstić information content (AvgIpc) is 2.52. The van der Waals surface area contributed by atoms with Gasteiger partial charge in [0.25, 0.3) is 0 Å². The Balaban J connectivity index is 2.03. The van der Waals surface area contributed by atoms with E-state index in [1.807, 2.05) is 18.2 Å². The lowest BCUT2D eigenvalue weighted by molar-refractivity contribution is -0.127. The van der Waals surface area contributed by atoms with Crippen LogP contribution in [0.1, 0.15) is 25.0 Å². The summed E-state index contributed by atoms with van der Waals surface area (Å²) in [4.78, 5) is 22.9. The van der Waals surface area contributed by atoms with Gasteiger partial charge in [-0.25, -0.2) is 0 Å². The molecule has 0 heterocycles. The Bertz CT molecular complexity index is 710. The van der Waals surface area contributed by atoms with Gasteiger partial charge in [-0.3, -0.25) is 9.59 Å². The molecule has 4 heteroatoms. The van der Waals surface area contributed by atoms with Crippen molar-refractivity contribution in [2.45, 2.75) is 33.4 Å². The quantitative estimate of drug-likeness (QED) is 0.892. The molecule has 0 bridgehead atoms. The molecule has 0 aliphatic rings. The molecule has 2 rings (SSSR count). The van der Waals surface area contributed by atoms with E-state index in [0.717, 1.165) is 16.7 Å². The van der Waals surface area contributed by atoms with Crippen molar-refractivity contribution in [1.82, 2.24) is 10.6 Å². The zero-order chi connectivity index (χ0) is 16.8. The fraction of sp³-hybridized carbons (Fsp3) is 0.263. The third-order valence-corrected chi connectivity index (χ3v) is 3.56. The fourth-order valence-electron chi connectivity index (χ4n) is 2.40. The van der Waals surface area contributed by atoms with Crippen LogP contribution in [0, 0.1) is 6.92 Å². The van der Waals surface area contributed by atoms with Crippen molar-refractivity contribution >= 4 is 11.8 Å². The second-order valence-corrected chi connectivity index (χ2v) is 5.71. The van der Waals surface area contributed by atoms with E-state index in [1.54, 1.807) is 6.92 Å².